The lowest BCUT2D eigenvalue weighted by atomic mass is 10.3. The highest BCUT2D eigenvalue weighted by Gasteiger charge is 2.16. The van der Waals surface area contributed by atoms with Gasteiger partial charge in [0, 0.05) is 5.02 Å². The molecule has 0 bridgehead atoms. The molecule has 1 heterocycles. The largest absolute Gasteiger partial charge is 0.495 e. The number of anilines is 2. The number of methoxy groups -OCH3 is 3. The van der Waals surface area contributed by atoms with Crippen molar-refractivity contribution in [2.75, 3.05) is 32.0 Å². The first-order chi connectivity index (χ1) is 12.5. The van der Waals surface area contributed by atoms with Crippen LogP contribution in [0.4, 0.5) is 15.6 Å². The fraction of sp³-hybridized carbons (Fsp3) is 0.176. The number of aromatic nitrogens is 1. The normalized spacial score (nSPS) is 10.5. The van der Waals surface area contributed by atoms with E-state index in [-0.39, 0.29) is 0 Å². The quantitative estimate of drug-likeness (QED) is 0.661. The third-order valence-electron chi connectivity index (χ3n) is 3.54. The van der Waals surface area contributed by atoms with E-state index in [0.29, 0.717) is 38.6 Å². The average molecular weight is 394 g/mol. The maximum atomic E-state index is 12.3. The number of carbonyl (C=O) groups excluding carboxylic acids is 1. The molecule has 0 aliphatic heterocycles. The van der Waals surface area contributed by atoms with E-state index in [1.54, 1.807) is 44.6 Å². The summed E-state index contributed by atoms with van der Waals surface area (Å²) in [6.07, 6.45) is 0. The van der Waals surface area contributed by atoms with Crippen molar-refractivity contribution >= 4 is 50.0 Å². The van der Waals surface area contributed by atoms with Gasteiger partial charge in [0.2, 0.25) is 0 Å². The molecule has 2 amide bonds. The summed E-state index contributed by atoms with van der Waals surface area (Å²) in [6.45, 7) is 0. The highest BCUT2D eigenvalue weighted by atomic mass is 35.5. The number of hydrogen-bond donors (Lipinski definition) is 2. The number of urea groups is 1. The summed E-state index contributed by atoms with van der Waals surface area (Å²) in [7, 11) is 4.65. The Morgan fingerprint density at radius 2 is 1.65 bits per heavy atom. The van der Waals surface area contributed by atoms with Crippen LogP contribution >= 0.6 is 22.9 Å². The second-order valence-corrected chi connectivity index (χ2v) is 6.53. The van der Waals surface area contributed by atoms with Gasteiger partial charge in [-0.3, -0.25) is 5.32 Å². The van der Waals surface area contributed by atoms with Crippen LogP contribution in [-0.2, 0) is 0 Å². The molecule has 0 fully saturated rings. The molecule has 9 heteroatoms. The topological polar surface area (TPSA) is 81.7 Å². The van der Waals surface area contributed by atoms with Crippen LogP contribution in [0.3, 0.4) is 0 Å². The Morgan fingerprint density at radius 3 is 2.35 bits per heavy atom. The van der Waals surface area contributed by atoms with Crippen LogP contribution in [0.15, 0.2) is 30.3 Å². The predicted molar refractivity (Wildman–Crippen MR) is 103 cm³/mol. The fourth-order valence-corrected chi connectivity index (χ4v) is 3.51. The first-order valence-electron chi connectivity index (χ1n) is 7.48. The van der Waals surface area contributed by atoms with Crippen molar-refractivity contribution in [1.29, 1.82) is 0 Å². The van der Waals surface area contributed by atoms with Crippen LogP contribution in [0.25, 0.3) is 10.2 Å². The molecule has 26 heavy (non-hydrogen) atoms. The van der Waals surface area contributed by atoms with E-state index in [0.717, 1.165) is 4.70 Å². The number of nitrogens with one attached hydrogen (secondary N) is 2. The van der Waals surface area contributed by atoms with Gasteiger partial charge in [-0.25, -0.2) is 9.78 Å². The van der Waals surface area contributed by atoms with E-state index in [2.05, 4.69) is 15.6 Å². The lowest BCUT2D eigenvalue weighted by Gasteiger charge is -2.10. The number of benzene rings is 2. The minimum absolute atomic E-state index is 0.404. The summed E-state index contributed by atoms with van der Waals surface area (Å²) in [6, 6.07) is 8.04. The van der Waals surface area contributed by atoms with Crippen LogP contribution < -0.4 is 24.8 Å². The lowest BCUT2D eigenvalue weighted by molar-refractivity contribution is 0.262. The molecule has 3 rings (SSSR count). The number of fused-ring (bicyclic) bond motifs is 1. The van der Waals surface area contributed by atoms with Gasteiger partial charge in [-0.15, -0.1) is 0 Å². The van der Waals surface area contributed by atoms with Gasteiger partial charge < -0.3 is 19.5 Å². The Balaban J connectivity index is 1.85. The molecule has 0 aliphatic rings. The van der Waals surface area contributed by atoms with Crippen molar-refractivity contribution in [3.63, 3.8) is 0 Å². The summed E-state index contributed by atoms with van der Waals surface area (Å²) < 4.78 is 16.6. The van der Waals surface area contributed by atoms with Crippen molar-refractivity contribution in [1.82, 2.24) is 4.98 Å². The van der Waals surface area contributed by atoms with Crippen LogP contribution in [0.1, 0.15) is 0 Å². The Kier molecular flexibility index (Phi) is 5.34. The Morgan fingerprint density at radius 1 is 1.00 bits per heavy atom. The zero-order valence-corrected chi connectivity index (χ0v) is 15.8. The Labute approximate surface area is 158 Å². The molecule has 0 unspecified atom stereocenters. The minimum atomic E-state index is -0.470. The average Bonchev–Trinajstić information content (AvgIpc) is 3.04. The van der Waals surface area contributed by atoms with Crippen molar-refractivity contribution in [2.24, 2.45) is 0 Å². The number of rotatable bonds is 5. The zero-order valence-electron chi connectivity index (χ0n) is 14.3. The van der Waals surface area contributed by atoms with Gasteiger partial charge in [-0.2, -0.15) is 0 Å². The third-order valence-corrected chi connectivity index (χ3v) is 4.76. The molecule has 0 radical (unpaired) electrons. The summed E-state index contributed by atoms with van der Waals surface area (Å²) in [5.41, 5.74) is 1.07. The predicted octanol–water partition coefficient (Wildman–Crippen LogP) is 4.62. The monoisotopic (exact) mass is 393 g/mol. The molecule has 0 atom stereocenters. The molecule has 136 valence electrons. The summed E-state index contributed by atoms with van der Waals surface area (Å²) in [5.74, 6) is 1.75. The number of hydrogen-bond acceptors (Lipinski definition) is 6. The van der Waals surface area contributed by atoms with E-state index < -0.39 is 6.03 Å². The highest BCUT2D eigenvalue weighted by molar-refractivity contribution is 7.22. The van der Waals surface area contributed by atoms with Crippen molar-refractivity contribution in [3.8, 4) is 17.2 Å². The number of carbonyl (C=O) groups is 1. The molecule has 3 aromatic rings. The number of halogens is 1. The SMILES string of the molecule is COc1ccc(Cl)cc1NC(=O)Nc1nc2c(OC)ccc(OC)c2s1. The van der Waals surface area contributed by atoms with Gasteiger partial charge in [0.05, 0.1) is 27.0 Å². The standard InChI is InChI=1S/C17H16ClN3O4S/c1-23-11-5-4-9(18)8-10(11)19-16(22)21-17-20-14-12(24-2)6-7-13(25-3)15(14)26-17/h4-8H,1-3H3,(H2,19,20,21,22). The van der Waals surface area contributed by atoms with Crippen LogP contribution in [-0.4, -0.2) is 32.3 Å². The molecule has 2 aromatic carbocycles. The smallest absolute Gasteiger partial charge is 0.325 e. The Hall–Kier alpha value is -2.71. The molecule has 1 aromatic heterocycles. The number of ether oxygens (including phenoxy) is 3. The lowest BCUT2D eigenvalue weighted by Crippen LogP contribution is -2.19. The van der Waals surface area contributed by atoms with Gasteiger partial charge in [0.25, 0.3) is 0 Å². The summed E-state index contributed by atoms with van der Waals surface area (Å²) >= 11 is 7.26. The number of nitrogens with zero attached hydrogens (tertiary/aromatic N) is 1. The molecule has 2 N–H and O–H groups in total. The Bertz CT molecular complexity index is 920. The van der Waals surface area contributed by atoms with E-state index in [1.165, 1.54) is 18.4 Å². The van der Waals surface area contributed by atoms with Crippen molar-refractivity contribution in [2.45, 2.75) is 0 Å². The van der Waals surface area contributed by atoms with Gasteiger partial charge in [0.15, 0.2) is 5.13 Å². The molecule has 0 spiro atoms. The molecule has 7 nitrogen and oxygen atoms in total. The molecule has 0 saturated heterocycles. The van der Waals surface area contributed by atoms with E-state index in [1.807, 2.05) is 0 Å². The van der Waals surface area contributed by atoms with Crippen LogP contribution in [0.5, 0.6) is 17.2 Å². The first-order valence-corrected chi connectivity index (χ1v) is 8.68. The second kappa shape index (κ2) is 7.67. The summed E-state index contributed by atoms with van der Waals surface area (Å²) in [5, 5.41) is 6.28. The second-order valence-electron chi connectivity index (χ2n) is 5.09. The maximum absolute atomic E-state index is 12.3. The number of thiazole rings is 1. The van der Waals surface area contributed by atoms with Gasteiger partial charge in [0.1, 0.15) is 27.5 Å². The maximum Gasteiger partial charge on any atom is 0.325 e. The van der Waals surface area contributed by atoms with Crippen LogP contribution in [0, 0.1) is 0 Å². The summed E-state index contributed by atoms with van der Waals surface area (Å²) in [4.78, 5) is 16.7. The van der Waals surface area contributed by atoms with Gasteiger partial charge >= 0.3 is 6.03 Å². The van der Waals surface area contributed by atoms with E-state index in [9.17, 15) is 4.79 Å². The minimum Gasteiger partial charge on any atom is -0.495 e. The molecule has 0 aliphatic carbocycles. The fourth-order valence-electron chi connectivity index (χ4n) is 2.37. The molecular weight excluding hydrogens is 378 g/mol. The highest BCUT2D eigenvalue weighted by Crippen LogP contribution is 2.39. The van der Waals surface area contributed by atoms with Crippen molar-refractivity contribution in [3.05, 3.63) is 35.4 Å². The van der Waals surface area contributed by atoms with Crippen LogP contribution in [0.2, 0.25) is 5.02 Å². The molecule has 0 saturated carbocycles. The first kappa shape index (κ1) is 18.1. The van der Waals surface area contributed by atoms with Crippen molar-refractivity contribution < 1.29 is 19.0 Å². The number of amides is 2. The third kappa shape index (κ3) is 3.61. The molecular formula is C17H16ClN3O4S. The van der Waals surface area contributed by atoms with Gasteiger partial charge in [-0.1, -0.05) is 22.9 Å². The zero-order chi connectivity index (χ0) is 18.7. The van der Waals surface area contributed by atoms with E-state index in [4.69, 9.17) is 25.8 Å². The van der Waals surface area contributed by atoms with E-state index >= 15 is 0 Å². The van der Waals surface area contributed by atoms with Gasteiger partial charge in [-0.05, 0) is 30.3 Å².